The molecule has 106 valence electrons. The predicted octanol–water partition coefficient (Wildman–Crippen LogP) is 3.10. The molecule has 0 radical (unpaired) electrons. The Balaban J connectivity index is 2.13. The molecule has 2 aromatic heterocycles. The summed E-state index contributed by atoms with van der Waals surface area (Å²) in [6.45, 7) is 4.11. The Morgan fingerprint density at radius 2 is 2.14 bits per heavy atom. The van der Waals surface area contributed by atoms with Gasteiger partial charge in [0.1, 0.15) is 5.65 Å². The molecule has 5 nitrogen and oxygen atoms in total. The number of hydrogen-bond acceptors (Lipinski definition) is 4. The van der Waals surface area contributed by atoms with Crippen LogP contribution in [0.3, 0.4) is 0 Å². The van der Waals surface area contributed by atoms with E-state index in [1.807, 2.05) is 25.4 Å². The Kier molecular flexibility index (Phi) is 3.39. The first kappa shape index (κ1) is 13.3. The Bertz CT molecular complexity index is 792. The van der Waals surface area contributed by atoms with Gasteiger partial charge in [-0.2, -0.15) is 4.98 Å². The van der Waals surface area contributed by atoms with Gasteiger partial charge in [0.25, 0.3) is 0 Å². The van der Waals surface area contributed by atoms with Crippen molar-refractivity contribution in [2.45, 2.75) is 13.8 Å². The number of hydrogen-bond donors (Lipinski definition) is 2. The Morgan fingerprint density at radius 3 is 3.00 bits per heavy atom. The summed E-state index contributed by atoms with van der Waals surface area (Å²) in [7, 11) is 0. The van der Waals surface area contributed by atoms with Crippen LogP contribution in [0.25, 0.3) is 16.6 Å². The molecule has 1 aliphatic heterocycles. The van der Waals surface area contributed by atoms with Crippen molar-refractivity contribution in [3.63, 3.8) is 0 Å². The van der Waals surface area contributed by atoms with Gasteiger partial charge in [0.15, 0.2) is 0 Å². The molecule has 0 unspecified atom stereocenters. The summed E-state index contributed by atoms with van der Waals surface area (Å²) in [5, 5.41) is 0.963. The molecule has 1 atom stereocenters. The molecule has 0 fully saturated rings. The van der Waals surface area contributed by atoms with Crippen LogP contribution in [-0.2, 0) is 0 Å². The largest absolute Gasteiger partial charge is 0.368 e. The third-order valence-corrected chi connectivity index (χ3v) is 3.38. The van der Waals surface area contributed by atoms with Gasteiger partial charge in [0.2, 0.25) is 5.95 Å². The molecule has 3 N–H and O–H groups in total. The number of rotatable bonds is 1. The Labute approximate surface area is 123 Å². The van der Waals surface area contributed by atoms with Gasteiger partial charge in [-0.1, -0.05) is 25.2 Å². The van der Waals surface area contributed by atoms with Crippen LogP contribution in [0.4, 0.5) is 5.95 Å². The van der Waals surface area contributed by atoms with Crippen molar-refractivity contribution in [2.24, 2.45) is 10.9 Å². The summed E-state index contributed by atoms with van der Waals surface area (Å²) in [6.07, 6.45) is 13.9. The maximum atomic E-state index is 5.62. The van der Waals surface area contributed by atoms with Gasteiger partial charge in [-0.15, -0.1) is 0 Å². The summed E-state index contributed by atoms with van der Waals surface area (Å²) in [6, 6.07) is 0. The van der Waals surface area contributed by atoms with Crippen LogP contribution in [0.15, 0.2) is 47.9 Å². The van der Waals surface area contributed by atoms with Crippen molar-refractivity contribution >= 4 is 28.3 Å². The van der Waals surface area contributed by atoms with Crippen molar-refractivity contribution in [1.29, 1.82) is 0 Å². The van der Waals surface area contributed by atoms with E-state index in [-0.39, 0.29) is 5.95 Å². The van der Waals surface area contributed by atoms with Crippen LogP contribution in [0.5, 0.6) is 0 Å². The number of allylic oxidation sites excluding steroid dienone is 5. The monoisotopic (exact) mass is 279 g/mol. The van der Waals surface area contributed by atoms with E-state index >= 15 is 0 Å². The normalized spacial score (nSPS) is 26.9. The summed E-state index contributed by atoms with van der Waals surface area (Å²) >= 11 is 0. The number of anilines is 1. The summed E-state index contributed by atoms with van der Waals surface area (Å²) in [5.74, 6) is 0.563. The average molecular weight is 279 g/mol. The number of nitrogens with one attached hydrogen (secondary N) is 1. The molecule has 1 aliphatic rings. The zero-order valence-corrected chi connectivity index (χ0v) is 12.0. The predicted molar refractivity (Wildman–Crippen MR) is 86.8 cm³/mol. The maximum Gasteiger partial charge on any atom is 0.221 e. The number of aliphatic imine (C=N–C) groups is 1. The van der Waals surface area contributed by atoms with Gasteiger partial charge in [-0.25, -0.2) is 4.98 Å². The molecule has 0 spiro atoms. The molecule has 0 aliphatic carbocycles. The highest BCUT2D eigenvalue weighted by Crippen LogP contribution is 2.26. The molecule has 3 heterocycles. The molecule has 0 amide bonds. The number of aromatic amines is 1. The molecule has 0 bridgehead atoms. The van der Waals surface area contributed by atoms with E-state index in [1.165, 1.54) is 0 Å². The zero-order valence-electron chi connectivity index (χ0n) is 12.0. The van der Waals surface area contributed by atoms with E-state index in [1.54, 1.807) is 6.20 Å². The maximum absolute atomic E-state index is 5.62. The highest BCUT2D eigenvalue weighted by molar-refractivity contribution is 5.99. The lowest BCUT2D eigenvalue weighted by Gasteiger charge is -2.04. The Hall–Kier alpha value is -2.69. The first-order chi connectivity index (χ1) is 10.1. The van der Waals surface area contributed by atoms with E-state index in [0.29, 0.717) is 5.92 Å². The van der Waals surface area contributed by atoms with Gasteiger partial charge < -0.3 is 10.7 Å². The minimum Gasteiger partial charge on any atom is -0.368 e. The van der Waals surface area contributed by atoms with Crippen LogP contribution in [0, 0.1) is 5.92 Å². The number of H-pyrrole nitrogens is 1. The smallest absolute Gasteiger partial charge is 0.221 e. The number of nitrogen functional groups attached to an aromatic ring is 1. The van der Waals surface area contributed by atoms with E-state index in [9.17, 15) is 0 Å². The minimum absolute atomic E-state index is 0.272. The Morgan fingerprint density at radius 1 is 1.29 bits per heavy atom. The topological polar surface area (TPSA) is 80.0 Å². The van der Waals surface area contributed by atoms with Gasteiger partial charge in [0, 0.05) is 35.3 Å². The summed E-state index contributed by atoms with van der Waals surface area (Å²) < 4.78 is 0. The first-order valence-corrected chi connectivity index (χ1v) is 6.84. The van der Waals surface area contributed by atoms with Gasteiger partial charge >= 0.3 is 0 Å². The molecule has 5 heteroatoms. The van der Waals surface area contributed by atoms with E-state index in [4.69, 9.17) is 5.73 Å². The molecular weight excluding hydrogens is 262 g/mol. The first-order valence-electron chi connectivity index (χ1n) is 6.84. The lowest BCUT2D eigenvalue weighted by molar-refractivity contribution is 0.939. The molecule has 21 heavy (non-hydrogen) atoms. The van der Waals surface area contributed by atoms with Crippen LogP contribution in [0.1, 0.15) is 19.4 Å². The number of nitrogens with zero attached hydrogens (tertiary/aromatic N) is 3. The molecular formula is C16H17N5. The second kappa shape index (κ2) is 5.36. The quantitative estimate of drug-likeness (QED) is 0.841. The molecule has 2 aromatic rings. The fourth-order valence-corrected chi connectivity index (χ4v) is 2.28. The van der Waals surface area contributed by atoms with Crippen molar-refractivity contribution in [2.75, 3.05) is 5.73 Å². The average Bonchev–Trinajstić information content (AvgIpc) is 2.87. The zero-order chi connectivity index (χ0) is 14.8. The van der Waals surface area contributed by atoms with Crippen LogP contribution < -0.4 is 5.73 Å². The molecule has 0 saturated carbocycles. The highest BCUT2D eigenvalue weighted by atomic mass is 15.0. The fraction of sp³-hybridized carbons (Fsp3) is 0.188. The summed E-state index contributed by atoms with van der Waals surface area (Å²) in [5.41, 5.74) is 9.52. The standard InChI is InChI=1S/C16H17N5/c1-10-5-6-18-11(2)3-4-12(7-10)13-8-19-15-14(13)9-20-16(17)21-15/h3-10H,1-2H3,(H3,17,19,20,21)/b4-3-,6-5-,12-7-,18-11+/t10-/m0/s1. The van der Waals surface area contributed by atoms with Crippen molar-refractivity contribution in [3.8, 4) is 0 Å². The SMILES string of the molecule is CC1=N\C=C/[C@H](C)/C=C(c2c[nH]c3nc(N)ncc23)/C=C\1. The minimum atomic E-state index is 0.272. The van der Waals surface area contributed by atoms with Crippen molar-refractivity contribution in [3.05, 3.63) is 48.5 Å². The molecule has 0 aromatic carbocycles. The van der Waals surface area contributed by atoms with Crippen molar-refractivity contribution < 1.29 is 0 Å². The number of fused-ring (bicyclic) bond motifs is 1. The number of aromatic nitrogens is 3. The van der Waals surface area contributed by atoms with E-state index in [2.05, 4.69) is 45.1 Å². The van der Waals surface area contributed by atoms with Gasteiger partial charge in [-0.3, -0.25) is 4.99 Å². The lowest BCUT2D eigenvalue weighted by atomic mass is 10.0. The number of nitrogens with two attached hydrogens (primary N) is 1. The molecule has 0 saturated heterocycles. The third-order valence-electron chi connectivity index (χ3n) is 3.38. The van der Waals surface area contributed by atoms with E-state index in [0.717, 1.165) is 27.9 Å². The van der Waals surface area contributed by atoms with Crippen LogP contribution in [-0.4, -0.2) is 20.7 Å². The summed E-state index contributed by atoms with van der Waals surface area (Å²) in [4.78, 5) is 15.8. The second-order valence-corrected chi connectivity index (χ2v) is 5.12. The van der Waals surface area contributed by atoms with Crippen LogP contribution in [0.2, 0.25) is 0 Å². The van der Waals surface area contributed by atoms with Crippen molar-refractivity contribution in [1.82, 2.24) is 15.0 Å². The lowest BCUT2D eigenvalue weighted by Crippen LogP contribution is -1.94. The third kappa shape index (κ3) is 2.76. The molecule has 3 rings (SSSR count). The van der Waals surface area contributed by atoms with Crippen LogP contribution >= 0.6 is 0 Å². The van der Waals surface area contributed by atoms with E-state index < -0.39 is 0 Å². The fourth-order valence-electron chi connectivity index (χ4n) is 2.28. The highest BCUT2D eigenvalue weighted by Gasteiger charge is 2.10. The van der Waals surface area contributed by atoms with Gasteiger partial charge in [0.05, 0.1) is 0 Å². The van der Waals surface area contributed by atoms with Gasteiger partial charge in [-0.05, 0) is 24.5 Å². The second-order valence-electron chi connectivity index (χ2n) is 5.12.